The molecular weight excluding hydrogens is 166 g/mol. The van der Waals surface area contributed by atoms with Gasteiger partial charge in [-0.2, -0.15) is 0 Å². The highest BCUT2D eigenvalue weighted by atomic mass is 16.5. The van der Waals surface area contributed by atoms with Gasteiger partial charge in [-0.1, -0.05) is 13.8 Å². The summed E-state index contributed by atoms with van der Waals surface area (Å²) in [6.45, 7) is 5.46. The number of hydrogen-bond donors (Lipinski definition) is 1. The summed E-state index contributed by atoms with van der Waals surface area (Å²) in [5.74, 6) is 0.749. The van der Waals surface area contributed by atoms with Gasteiger partial charge in [-0.15, -0.1) is 0 Å². The van der Waals surface area contributed by atoms with Crippen LogP contribution in [0.15, 0.2) is 0 Å². The van der Waals surface area contributed by atoms with Crippen molar-refractivity contribution in [2.24, 2.45) is 11.8 Å². The van der Waals surface area contributed by atoms with E-state index in [1.807, 2.05) is 13.8 Å². The third-order valence-corrected chi connectivity index (χ3v) is 2.56. The molecule has 0 aromatic heterocycles. The highest BCUT2D eigenvalue weighted by molar-refractivity contribution is 5.83. The predicted octanol–water partition coefficient (Wildman–Crippen LogP) is 0.836. The first-order chi connectivity index (χ1) is 6.15. The van der Waals surface area contributed by atoms with Crippen molar-refractivity contribution < 1.29 is 9.53 Å². The van der Waals surface area contributed by atoms with Gasteiger partial charge in [0.15, 0.2) is 0 Å². The Balaban J connectivity index is 2.36. The van der Waals surface area contributed by atoms with E-state index < -0.39 is 0 Å². The summed E-state index contributed by atoms with van der Waals surface area (Å²) in [5, 5.41) is 3.30. The van der Waals surface area contributed by atoms with Crippen molar-refractivity contribution in [1.29, 1.82) is 0 Å². The lowest BCUT2D eigenvalue weighted by atomic mass is 9.93. The van der Waals surface area contributed by atoms with Gasteiger partial charge in [0.1, 0.15) is 5.78 Å². The van der Waals surface area contributed by atoms with E-state index in [0.29, 0.717) is 18.4 Å². The Kier molecular flexibility index (Phi) is 3.88. The summed E-state index contributed by atoms with van der Waals surface area (Å²) < 4.78 is 5.04. The molecular formula is C10H19NO2. The zero-order chi connectivity index (χ0) is 9.84. The van der Waals surface area contributed by atoms with E-state index in [4.69, 9.17) is 4.74 Å². The van der Waals surface area contributed by atoms with Crippen LogP contribution in [-0.4, -0.2) is 32.1 Å². The number of Topliss-reactive ketones (excluding diaryl/α,β-unsaturated/α-hetero) is 1. The van der Waals surface area contributed by atoms with Gasteiger partial charge in [0.2, 0.25) is 0 Å². The Morgan fingerprint density at radius 2 is 2.31 bits per heavy atom. The number of carbonyl (C=O) groups is 1. The maximum absolute atomic E-state index is 11.6. The monoisotopic (exact) mass is 185 g/mol. The van der Waals surface area contributed by atoms with Crippen LogP contribution < -0.4 is 5.32 Å². The van der Waals surface area contributed by atoms with Crippen LogP contribution in [0, 0.1) is 11.8 Å². The predicted molar refractivity (Wildman–Crippen MR) is 51.6 cm³/mol. The quantitative estimate of drug-likeness (QED) is 0.705. The molecule has 3 heteroatoms. The zero-order valence-electron chi connectivity index (χ0n) is 8.67. The maximum atomic E-state index is 11.6. The number of ketones is 1. The van der Waals surface area contributed by atoms with Gasteiger partial charge in [0.05, 0.1) is 6.61 Å². The van der Waals surface area contributed by atoms with Crippen LogP contribution in [0.2, 0.25) is 0 Å². The van der Waals surface area contributed by atoms with Gasteiger partial charge in [-0.25, -0.2) is 0 Å². The molecule has 1 heterocycles. The molecule has 1 aliphatic heterocycles. The molecule has 13 heavy (non-hydrogen) atoms. The van der Waals surface area contributed by atoms with Gasteiger partial charge < -0.3 is 10.1 Å². The normalized spacial score (nSPS) is 28.3. The number of carbonyl (C=O) groups excluding carboxylic acids is 1. The van der Waals surface area contributed by atoms with Crippen LogP contribution in [0.3, 0.4) is 0 Å². The van der Waals surface area contributed by atoms with Crippen molar-refractivity contribution in [1.82, 2.24) is 5.32 Å². The smallest absolute Gasteiger partial charge is 0.139 e. The molecule has 1 aliphatic rings. The van der Waals surface area contributed by atoms with E-state index in [-0.39, 0.29) is 11.8 Å². The molecule has 0 bridgehead atoms. The maximum Gasteiger partial charge on any atom is 0.139 e. The lowest BCUT2D eigenvalue weighted by molar-refractivity contribution is -0.125. The number of methoxy groups -OCH3 is 1. The van der Waals surface area contributed by atoms with E-state index in [1.165, 1.54) is 0 Å². The van der Waals surface area contributed by atoms with Gasteiger partial charge in [0.25, 0.3) is 0 Å². The second kappa shape index (κ2) is 4.72. The third-order valence-electron chi connectivity index (χ3n) is 2.56. The van der Waals surface area contributed by atoms with Crippen LogP contribution in [0.4, 0.5) is 0 Å². The molecule has 1 fully saturated rings. The minimum Gasteiger partial charge on any atom is -0.383 e. The molecule has 0 aromatic carbocycles. The Hall–Kier alpha value is -0.410. The van der Waals surface area contributed by atoms with Crippen LogP contribution in [0.1, 0.15) is 20.3 Å². The molecule has 1 N–H and O–H groups in total. The van der Waals surface area contributed by atoms with Crippen molar-refractivity contribution in [3.8, 4) is 0 Å². The molecule has 1 saturated heterocycles. The van der Waals surface area contributed by atoms with Crippen LogP contribution in [-0.2, 0) is 9.53 Å². The molecule has 0 unspecified atom stereocenters. The van der Waals surface area contributed by atoms with Crippen molar-refractivity contribution in [3.05, 3.63) is 0 Å². The second-order valence-electron chi connectivity index (χ2n) is 4.05. The summed E-state index contributed by atoms with van der Waals surface area (Å²) in [5.41, 5.74) is 0. The first kappa shape index (κ1) is 10.7. The van der Waals surface area contributed by atoms with Crippen molar-refractivity contribution in [3.63, 3.8) is 0 Å². The van der Waals surface area contributed by atoms with Crippen LogP contribution in [0.5, 0.6) is 0 Å². The summed E-state index contributed by atoms with van der Waals surface area (Å²) in [7, 11) is 1.69. The first-order valence-corrected chi connectivity index (χ1v) is 4.91. The lowest BCUT2D eigenvalue weighted by Gasteiger charge is -2.10. The van der Waals surface area contributed by atoms with Gasteiger partial charge in [0, 0.05) is 31.5 Å². The number of rotatable bonds is 4. The fraction of sp³-hybridized carbons (Fsp3) is 0.900. The van der Waals surface area contributed by atoms with E-state index in [2.05, 4.69) is 5.32 Å². The minimum absolute atomic E-state index is 0.160. The van der Waals surface area contributed by atoms with Gasteiger partial charge >= 0.3 is 0 Å². The molecule has 0 aromatic rings. The number of hydrogen-bond acceptors (Lipinski definition) is 3. The summed E-state index contributed by atoms with van der Waals surface area (Å²) in [6, 6.07) is 0.373. The fourth-order valence-corrected chi connectivity index (χ4v) is 1.84. The van der Waals surface area contributed by atoms with E-state index in [0.717, 1.165) is 13.0 Å². The summed E-state index contributed by atoms with van der Waals surface area (Å²) in [4.78, 5) is 11.6. The summed E-state index contributed by atoms with van der Waals surface area (Å²) in [6.07, 6.45) is 0.935. The van der Waals surface area contributed by atoms with E-state index in [1.54, 1.807) is 7.11 Å². The van der Waals surface area contributed by atoms with E-state index in [9.17, 15) is 4.79 Å². The largest absolute Gasteiger partial charge is 0.383 e. The Morgan fingerprint density at radius 3 is 2.85 bits per heavy atom. The molecule has 0 saturated carbocycles. The Morgan fingerprint density at radius 1 is 1.62 bits per heavy atom. The molecule has 0 spiro atoms. The number of ether oxygens (including phenoxy) is 1. The average molecular weight is 185 g/mol. The number of nitrogens with one attached hydrogen (secondary N) is 1. The zero-order valence-corrected chi connectivity index (χ0v) is 8.67. The molecule has 3 nitrogen and oxygen atoms in total. The molecule has 0 radical (unpaired) electrons. The van der Waals surface area contributed by atoms with Crippen LogP contribution in [0.25, 0.3) is 0 Å². The van der Waals surface area contributed by atoms with E-state index >= 15 is 0 Å². The fourth-order valence-electron chi connectivity index (χ4n) is 1.84. The van der Waals surface area contributed by atoms with Crippen molar-refractivity contribution in [2.45, 2.75) is 26.3 Å². The van der Waals surface area contributed by atoms with Gasteiger partial charge in [-0.05, 0) is 6.42 Å². The van der Waals surface area contributed by atoms with Gasteiger partial charge in [-0.3, -0.25) is 4.79 Å². The molecule has 2 atom stereocenters. The molecule has 76 valence electrons. The Bertz CT molecular complexity index is 180. The molecule has 0 aliphatic carbocycles. The van der Waals surface area contributed by atoms with Crippen molar-refractivity contribution in [2.75, 3.05) is 20.3 Å². The molecule has 1 rings (SSSR count). The first-order valence-electron chi connectivity index (χ1n) is 4.91. The Labute approximate surface area is 79.8 Å². The highest BCUT2D eigenvalue weighted by Gasteiger charge is 2.30. The second-order valence-corrected chi connectivity index (χ2v) is 4.05. The molecule has 0 amide bonds. The third kappa shape index (κ3) is 2.78. The topological polar surface area (TPSA) is 38.3 Å². The van der Waals surface area contributed by atoms with Crippen LogP contribution >= 0.6 is 0 Å². The lowest BCUT2D eigenvalue weighted by Crippen LogP contribution is -2.26. The summed E-state index contributed by atoms with van der Waals surface area (Å²) >= 11 is 0. The van der Waals surface area contributed by atoms with Crippen molar-refractivity contribution >= 4 is 5.78 Å². The SMILES string of the molecule is COC[C@@H]1C[C@@H](C(=O)C(C)C)CN1. The highest BCUT2D eigenvalue weighted by Crippen LogP contribution is 2.18. The standard InChI is InChI=1S/C10H19NO2/c1-7(2)10(12)8-4-9(6-13-3)11-5-8/h7-9,11H,4-6H2,1-3H3/t8-,9+/m1/s1. The average Bonchev–Trinajstić information content (AvgIpc) is 2.52. The minimum atomic E-state index is 0.160.